The van der Waals surface area contributed by atoms with E-state index in [1.807, 2.05) is 47.6 Å². The van der Waals surface area contributed by atoms with E-state index in [0.29, 0.717) is 6.54 Å². The number of nitrogens with one attached hydrogen (secondary N) is 1. The van der Waals surface area contributed by atoms with Gasteiger partial charge in [0.15, 0.2) is 0 Å². The lowest BCUT2D eigenvalue weighted by Gasteiger charge is -2.33. The van der Waals surface area contributed by atoms with Crippen LogP contribution in [-0.4, -0.2) is 28.2 Å². The second-order valence-corrected chi connectivity index (χ2v) is 6.89. The van der Waals surface area contributed by atoms with Crippen molar-refractivity contribution in [1.82, 2.24) is 9.88 Å². The quantitative estimate of drug-likeness (QED) is 0.847. The Morgan fingerprint density at radius 3 is 2.38 bits per heavy atom. The summed E-state index contributed by atoms with van der Waals surface area (Å²) in [6, 6.07) is 1.93. The van der Waals surface area contributed by atoms with Crippen LogP contribution in [0.25, 0.3) is 0 Å². The zero-order valence-electron chi connectivity index (χ0n) is 14.4. The van der Waals surface area contributed by atoms with E-state index in [4.69, 9.17) is 0 Å². The van der Waals surface area contributed by atoms with Crippen LogP contribution in [0.1, 0.15) is 56.4 Å². The molecule has 1 heterocycles. The van der Waals surface area contributed by atoms with E-state index in [0.717, 1.165) is 23.5 Å². The molecule has 0 bridgehead atoms. The smallest absolute Gasteiger partial charge is 0.253 e. The number of amides is 1. The molecule has 2 N–H and O–H groups in total. The maximum atomic E-state index is 12.4. The third kappa shape index (κ3) is 3.88. The van der Waals surface area contributed by atoms with Crippen LogP contribution in [0.15, 0.2) is 6.07 Å². The van der Waals surface area contributed by atoms with Gasteiger partial charge in [-0.05, 0) is 32.8 Å². The van der Waals surface area contributed by atoms with Gasteiger partial charge in [-0.15, -0.1) is 0 Å². The number of aliphatic hydroxyl groups is 1. The number of hydrogen-bond donors (Lipinski definition) is 2. The van der Waals surface area contributed by atoms with Gasteiger partial charge in [0.1, 0.15) is 0 Å². The highest BCUT2D eigenvalue weighted by Gasteiger charge is 2.30. The summed E-state index contributed by atoms with van der Waals surface area (Å²) in [5, 5.41) is 13.2. The summed E-state index contributed by atoms with van der Waals surface area (Å²) in [6.07, 6.45) is -0.444. The SMILES string of the molecule is CCn1c(C)cc(C(=O)NCC(C)(C)C(O)C(C)C)c1C. The van der Waals surface area contributed by atoms with Crippen LogP contribution in [0.2, 0.25) is 0 Å². The highest BCUT2D eigenvalue weighted by molar-refractivity contribution is 5.95. The van der Waals surface area contributed by atoms with Crippen molar-refractivity contribution in [2.75, 3.05) is 6.54 Å². The first kappa shape index (κ1) is 17.8. The minimum absolute atomic E-state index is 0.0631. The molecule has 1 aromatic rings. The third-order valence-corrected chi connectivity index (χ3v) is 4.27. The van der Waals surface area contributed by atoms with Gasteiger partial charge in [-0.25, -0.2) is 0 Å². The molecule has 4 nitrogen and oxygen atoms in total. The standard InChI is InChI=1S/C17H30N2O2/c1-8-19-12(4)9-14(13(19)5)16(21)18-10-17(6,7)15(20)11(2)3/h9,11,15,20H,8,10H2,1-7H3,(H,18,21). The van der Waals surface area contributed by atoms with Gasteiger partial charge in [0.2, 0.25) is 0 Å². The average molecular weight is 294 g/mol. The Kier molecular flexibility index (Phi) is 5.62. The van der Waals surface area contributed by atoms with Crippen LogP contribution in [0.3, 0.4) is 0 Å². The van der Waals surface area contributed by atoms with E-state index in [-0.39, 0.29) is 17.2 Å². The molecule has 1 amide bonds. The molecule has 0 aliphatic heterocycles. The molecular formula is C17H30N2O2. The van der Waals surface area contributed by atoms with Crippen LogP contribution < -0.4 is 5.32 Å². The lowest BCUT2D eigenvalue weighted by atomic mass is 9.80. The maximum absolute atomic E-state index is 12.4. The molecular weight excluding hydrogens is 264 g/mol. The fraction of sp³-hybridized carbons (Fsp3) is 0.706. The molecule has 1 rings (SSSR count). The summed E-state index contributed by atoms with van der Waals surface area (Å²) < 4.78 is 2.13. The number of hydrogen-bond acceptors (Lipinski definition) is 2. The van der Waals surface area contributed by atoms with Gasteiger partial charge in [0, 0.05) is 29.9 Å². The molecule has 0 fully saturated rings. The van der Waals surface area contributed by atoms with E-state index in [1.54, 1.807) is 0 Å². The first-order valence-corrected chi connectivity index (χ1v) is 7.74. The van der Waals surface area contributed by atoms with Crippen molar-refractivity contribution in [1.29, 1.82) is 0 Å². The largest absolute Gasteiger partial charge is 0.392 e. The molecule has 0 aliphatic carbocycles. The number of carbonyl (C=O) groups is 1. The molecule has 0 aromatic carbocycles. The van der Waals surface area contributed by atoms with Gasteiger partial charge in [0.05, 0.1) is 11.7 Å². The minimum atomic E-state index is -0.444. The Morgan fingerprint density at radius 1 is 1.38 bits per heavy atom. The van der Waals surface area contributed by atoms with Crippen LogP contribution >= 0.6 is 0 Å². The van der Waals surface area contributed by atoms with E-state index in [2.05, 4.69) is 16.8 Å². The third-order valence-electron chi connectivity index (χ3n) is 4.27. The Bertz CT molecular complexity index is 501. The first-order valence-electron chi connectivity index (χ1n) is 7.74. The molecule has 0 spiro atoms. The lowest BCUT2D eigenvalue weighted by Crippen LogP contribution is -2.43. The van der Waals surface area contributed by atoms with E-state index in [1.165, 1.54) is 0 Å². The summed E-state index contributed by atoms with van der Waals surface area (Å²) in [5.74, 6) is 0.105. The highest BCUT2D eigenvalue weighted by atomic mass is 16.3. The molecule has 1 atom stereocenters. The first-order chi connectivity index (χ1) is 9.61. The summed E-state index contributed by atoms with van der Waals surface area (Å²) in [4.78, 5) is 12.4. The summed E-state index contributed by atoms with van der Waals surface area (Å²) >= 11 is 0. The molecule has 0 aliphatic rings. The number of aliphatic hydroxyl groups excluding tert-OH is 1. The number of aryl methyl sites for hydroxylation is 1. The minimum Gasteiger partial charge on any atom is -0.392 e. The van der Waals surface area contributed by atoms with E-state index in [9.17, 15) is 9.90 Å². The number of carbonyl (C=O) groups excluding carboxylic acids is 1. The Labute approximate surface area is 128 Å². The predicted molar refractivity (Wildman–Crippen MR) is 86.5 cm³/mol. The molecule has 1 aromatic heterocycles. The van der Waals surface area contributed by atoms with Gasteiger partial charge in [-0.2, -0.15) is 0 Å². The number of rotatable bonds is 6. The van der Waals surface area contributed by atoms with Gasteiger partial charge in [0.25, 0.3) is 5.91 Å². The Balaban J connectivity index is 2.79. The fourth-order valence-electron chi connectivity index (χ4n) is 2.93. The van der Waals surface area contributed by atoms with Crippen LogP contribution in [0.4, 0.5) is 0 Å². The highest BCUT2D eigenvalue weighted by Crippen LogP contribution is 2.25. The summed E-state index contributed by atoms with van der Waals surface area (Å²) in [5.41, 5.74) is 2.47. The lowest BCUT2D eigenvalue weighted by molar-refractivity contribution is 0.0138. The van der Waals surface area contributed by atoms with Crippen molar-refractivity contribution < 1.29 is 9.90 Å². The fourth-order valence-corrected chi connectivity index (χ4v) is 2.93. The van der Waals surface area contributed by atoms with Crippen LogP contribution in [0.5, 0.6) is 0 Å². The van der Waals surface area contributed by atoms with Gasteiger partial charge in [-0.1, -0.05) is 27.7 Å². The molecule has 0 saturated heterocycles. The van der Waals surface area contributed by atoms with Crippen molar-refractivity contribution in [3.05, 3.63) is 23.0 Å². The van der Waals surface area contributed by atoms with Crippen LogP contribution in [-0.2, 0) is 6.54 Å². The molecule has 0 radical (unpaired) electrons. The van der Waals surface area contributed by atoms with Crippen molar-refractivity contribution >= 4 is 5.91 Å². The summed E-state index contributed by atoms with van der Waals surface area (Å²) in [7, 11) is 0. The average Bonchev–Trinajstić information content (AvgIpc) is 2.69. The van der Waals surface area contributed by atoms with Crippen molar-refractivity contribution in [2.45, 2.75) is 61.1 Å². The monoisotopic (exact) mass is 294 g/mol. The Hall–Kier alpha value is -1.29. The second-order valence-electron chi connectivity index (χ2n) is 6.89. The molecule has 0 saturated carbocycles. The maximum Gasteiger partial charge on any atom is 0.253 e. The predicted octanol–water partition coefficient (Wildman–Crippen LogP) is 2.90. The zero-order chi connectivity index (χ0) is 16.4. The van der Waals surface area contributed by atoms with Crippen molar-refractivity contribution in [2.24, 2.45) is 11.3 Å². The molecule has 1 unspecified atom stereocenters. The van der Waals surface area contributed by atoms with Crippen LogP contribution in [0, 0.1) is 25.2 Å². The van der Waals surface area contributed by atoms with Crippen molar-refractivity contribution in [3.8, 4) is 0 Å². The van der Waals surface area contributed by atoms with Gasteiger partial charge >= 0.3 is 0 Å². The second kappa shape index (κ2) is 6.65. The summed E-state index contributed by atoms with van der Waals surface area (Å²) in [6.45, 7) is 15.3. The van der Waals surface area contributed by atoms with Gasteiger partial charge in [-0.3, -0.25) is 4.79 Å². The van der Waals surface area contributed by atoms with Gasteiger partial charge < -0.3 is 15.0 Å². The number of nitrogens with zero attached hydrogens (tertiary/aromatic N) is 1. The Morgan fingerprint density at radius 2 is 1.95 bits per heavy atom. The zero-order valence-corrected chi connectivity index (χ0v) is 14.4. The molecule has 21 heavy (non-hydrogen) atoms. The molecule has 4 heteroatoms. The molecule has 120 valence electrons. The van der Waals surface area contributed by atoms with E-state index < -0.39 is 6.10 Å². The topological polar surface area (TPSA) is 54.3 Å². The number of aromatic nitrogens is 1. The van der Waals surface area contributed by atoms with E-state index >= 15 is 0 Å². The van der Waals surface area contributed by atoms with Crippen molar-refractivity contribution in [3.63, 3.8) is 0 Å². The normalized spacial score (nSPS) is 13.6.